The molecule has 0 amide bonds. The van der Waals surface area contributed by atoms with Crippen LogP contribution >= 0.6 is 15.9 Å². The fourth-order valence-electron chi connectivity index (χ4n) is 1.38. The molecule has 0 saturated carbocycles. The number of rotatable bonds is 4. The molecule has 1 rings (SSSR count). The average molecular weight is 285 g/mol. The van der Waals surface area contributed by atoms with Gasteiger partial charge in [0.25, 0.3) is 0 Å². The first-order chi connectivity index (χ1) is 7.63. The second kappa shape index (κ2) is 5.73. The Morgan fingerprint density at radius 2 is 2.00 bits per heavy atom. The van der Waals surface area contributed by atoms with Gasteiger partial charge in [-0.2, -0.15) is 5.26 Å². The molecule has 16 heavy (non-hydrogen) atoms. The third-order valence-electron chi connectivity index (χ3n) is 2.21. The molecule has 1 aromatic carbocycles. The summed E-state index contributed by atoms with van der Waals surface area (Å²) in [6.45, 7) is 0. The molecule has 4 nitrogen and oxygen atoms in total. The quantitative estimate of drug-likeness (QED) is 0.922. The Morgan fingerprint density at radius 3 is 2.50 bits per heavy atom. The lowest BCUT2D eigenvalue weighted by molar-refractivity contribution is 0.393. The van der Waals surface area contributed by atoms with Crippen molar-refractivity contribution in [2.75, 3.05) is 14.2 Å². The van der Waals surface area contributed by atoms with Gasteiger partial charge in [0, 0.05) is 11.6 Å². The van der Waals surface area contributed by atoms with Gasteiger partial charge in [-0.3, -0.25) is 0 Å². The first-order valence-corrected chi connectivity index (χ1v) is 5.47. The number of nitrogens with two attached hydrogens (primary N) is 1. The fraction of sp³-hybridized carbons (Fsp3) is 0.364. The van der Waals surface area contributed by atoms with Crippen LogP contribution in [0, 0.1) is 11.3 Å². The van der Waals surface area contributed by atoms with Crippen LogP contribution in [-0.2, 0) is 0 Å². The third-order valence-corrected chi connectivity index (χ3v) is 2.83. The average Bonchev–Trinajstić information content (AvgIpc) is 2.28. The molecule has 0 aliphatic carbocycles. The topological polar surface area (TPSA) is 68.3 Å². The fourth-order valence-corrected chi connectivity index (χ4v) is 1.87. The van der Waals surface area contributed by atoms with E-state index in [1.165, 1.54) is 0 Å². The highest BCUT2D eigenvalue weighted by Crippen LogP contribution is 2.35. The summed E-state index contributed by atoms with van der Waals surface area (Å²) < 4.78 is 11.2. The molecule has 0 saturated heterocycles. The van der Waals surface area contributed by atoms with Crippen LogP contribution in [0.5, 0.6) is 11.5 Å². The number of benzene rings is 1. The Balaban J connectivity index is 3.20. The van der Waals surface area contributed by atoms with Gasteiger partial charge in [0.1, 0.15) is 11.5 Å². The van der Waals surface area contributed by atoms with Gasteiger partial charge in [-0.15, -0.1) is 0 Å². The Bertz CT molecular complexity index is 415. The van der Waals surface area contributed by atoms with Crippen LogP contribution < -0.4 is 15.2 Å². The van der Waals surface area contributed by atoms with Crippen molar-refractivity contribution in [3.8, 4) is 17.6 Å². The second-order valence-corrected chi connectivity index (χ2v) is 4.05. The van der Waals surface area contributed by atoms with E-state index in [-0.39, 0.29) is 12.5 Å². The van der Waals surface area contributed by atoms with Gasteiger partial charge in [-0.05, 0) is 28.1 Å². The van der Waals surface area contributed by atoms with E-state index in [9.17, 15) is 0 Å². The van der Waals surface area contributed by atoms with Crippen LogP contribution in [-0.4, -0.2) is 14.2 Å². The van der Waals surface area contributed by atoms with Gasteiger partial charge in [-0.25, -0.2) is 0 Å². The second-order valence-electron chi connectivity index (χ2n) is 3.20. The molecule has 0 spiro atoms. The van der Waals surface area contributed by atoms with Crippen molar-refractivity contribution >= 4 is 15.9 Å². The van der Waals surface area contributed by atoms with E-state index < -0.39 is 0 Å². The molecule has 5 heteroatoms. The van der Waals surface area contributed by atoms with Crippen molar-refractivity contribution in [1.29, 1.82) is 5.26 Å². The third kappa shape index (κ3) is 2.65. The molecular weight excluding hydrogens is 272 g/mol. The summed E-state index contributed by atoms with van der Waals surface area (Å²) in [5.74, 6) is 1.32. The van der Waals surface area contributed by atoms with Crippen molar-refractivity contribution in [2.24, 2.45) is 5.73 Å². The minimum atomic E-state index is -0.373. The predicted octanol–water partition coefficient (Wildman–Crippen LogP) is 2.38. The molecule has 86 valence electrons. The highest BCUT2D eigenvalue weighted by Gasteiger charge is 2.15. The Kier molecular flexibility index (Phi) is 4.59. The maximum atomic E-state index is 8.63. The Labute approximate surface area is 103 Å². The van der Waals surface area contributed by atoms with Gasteiger partial charge < -0.3 is 15.2 Å². The monoisotopic (exact) mass is 284 g/mol. The molecule has 2 N–H and O–H groups in total. The highest BCUT2D eigenvalue weighted by atomic mass is 79.9. The van der Waals surface area contributed by atoms with E-state index in [2.05, 4.69) is 15.9 Å². The predicted molar refractivity (Wildman–Crippen MR) is 64.4 cm³/mol. The summed E-state index contributed by atoms with van der Waals surface area (Å²) in [5.41, 5.74) is 6.65. The van der Waals surface area contributed by atoms with Gasteiger partial charge in [-0.1, -0.05) is 0 Å². The number of halogens is 1. The lowest BCUT2D eigenvalue weighted by Gasteiger charge is -2.15. The first kappa shape index (κ1) is 12.8. The van der Waals surface area contributed by atoms with E-state index in [0.29, 0.717) is 11.5 Å². The summed E-state index contributed by atoms with van der Waals surface area (Å²) in [4.78, 5) is 0. The van der Waals surface area contributed by atoms with Crippen LogP contribution in [0.2, 0.25) is 0 Å². The smallest absolute Gasteiger partial charge is 0.133 e. The standard InChI is InChI=1S/C11H13BrN2O2/c1-15-10-6-8(12)11(16-2)5-7(10)9(14)3-4-13/h5-6,9H,3,14H2,1-2H3/t9-/m1/s1. The van der Waals surface area contributed by atoms with Crippen molar-refractivity contribution in [3.05, 3.63) is 22.2 Å². The number of hydrogen-bond donors (Lipinski definition) is 1. The number of nitriles is 1. The van der Waals surface area contributed by atoms with Gasteiger partial charge in [0.05, 0.1) is 31.2 Å². The van der Waals surface area contributed by atoms with E-state index in [0.717, 1.165) is 10.0 Å². The summed E-state index contributed by atoms with van der Waals surface area (Å²) >= 11 is 3.36. The molecule has 0 unspecified atom stereocenters. The van der Waals surface area contributed by atoms with Crippen LogP contribution in [0.3, 0.4) is 0 Å². The molecule has 0 aromatic heterocycles. The van der Waals surface area contributed by atoms with Crippen LogP contribution in [0.15, 0.2) is 16.6 Å². The lowest BCUT2D eigenvalue weighted by atomic mass is 10.0. The zero-order valence-electron chi connectivity index (χ0n) is 9.16. The SMILES string of the molecule is COc1cc([C@H](N)CC#N)c(OC)cc1Br. The maximum absolute atomic E-state index is 8.63. The van der Waals surface area contributed by atoms with E-state index in [1.54, 1.807) is 26.4 Å². The van der Waals surface area contributed by atoms with Gasteiger partial charge in [0.2, 0.25) is 0 Å². The van der Waals surface area contributed by atoms with E-state index >= 15 is 0 Å². The Hall–Kier alpha value is -1.25. The Morgan fingerprint density at radius 1 is 1.38 bits per heavy atom. The molecule has 1 atom stereocenters. The summed E-state index contributed by atoms with van der Waals surface area (Å²) in [5, 5.41) is 8.63. The number of ether oxygens (including phenoxy) is 2. The minimum Gasteiger partial charge on any atom is -0.496 e. The van der Waals surface area contributed by atoms with Crippen molar-refractivity contribution in [1.82, 2.24) is 0 Å². The molecule has 0 heterocycles. The van der Waals surface area contributed by atoms with Crippen LogP contribution in [0.25, 0.3) is 0 Å². The summed E-state index contributed by atoms with van der Waals surface area (Å²) in [6.07, 6.45) is 0.237. The van der Waals surface area contributed by atoms with Gasteiger partial charge in [0.15, 0.2) is 0 Å². The van der Waals surface area contributed by atoms with E-state index in [4.69, 9.17) is 20.5 Å². The van der Waals surface area contributed by atoms with E-state index in [1.807, 2.05) is 6.07 Å². The summed E-state index contributed by atoms with van der Waals surface area (Å²) in [6, 6.07) is 5.23. The number of methoxy groups -OCH3 is 2. The highest BCUT2D eigenvalue weighted by molar-refractivity contribution is 9.10. The minimum absolute atomic E-state index is 0.237. The molecule has 0 fully saturated rings. The van der Waals surface area contributed by atoms with Crippen LogP contribution in [0.1, 0.15) is 18.0 Å². The van der Waals surface area contributed by atoms with Crippen molar-refractivity contribution < 1.29 is 9.47 Å². The molecular formula is C11H13BrN2O2. The lowest BCUT2D eigenvalue weighted by Crippen LogP contribution is -2.11. The number of hydrogen-bond acceptors (Lipinski definition) is 4. The zero-order valence-corrected chi connectivity index (χ0v) is 10.7. The number of nitrogens with zero attached hydrogens (tertiary/aromatic N) is 1. The zero-order chi connectivity index (χ0) is 12.1. The molecule has 0 radical (unpaired) electrons. The largest absolute Gasteiger partial charge is 0.496 e. The molecule has 0 bridgehead atoms. The maximum Gasteiger partial charge on any atom is 0.133 e. The van der Waals surface area contributed by atoms with Crippen LogP contribution in [0.4, 0.5) is 0 Å². The molecule has 0 aliphatic rings. The first-order valence-electron chi connectivity index (χ1n) is 4.68. The van der Waals surface area contributed by atoms with Crippen molar-refractivity contribution in [2.45, 2.75) is 12.5 Å². The summed E-state index contributed by atoms with van der Waals surface area (Å²) in [7, 11) is 3.14. The molecule has 0 aliphatic heterocycles. The normalized spacial score (nSPS) is 11.7. The molecule has 1 aromatic rings. The van der Waals surface area contributed by atoms with Crippen molar-refractivity contribution in [3.63, 3.8) is 0 Å². The van der Waals surface area contributed by atoms with Gasteiger partial charge >= 0.3 is 0 Å².